The zero-order valence-corrected chi connectivity index (χ0v) is 30.0. The zero-order valence-electron chi connectivity index (χ0n) is 30.0. The molecule has 2 aliphatic rings. The highest BCUT2D eigenvalue weighted by Crippen LogP contribution is 2.30. The molecular weight excluding hydrogens is 690 g/mol. The van der Waals surface area contributed by atoms with Crippen LogP contribution in [0.1, 0.15) is 37.7 Å². The average molecular weight is 740 g/mol. The third-order valence-corrected chi connectivity index (χ3v) is 9.88. The number of nitrogens with zero attached hydrogens (tertiary/aromatic N) is 7. The molecule has 6 rings (SSSR count). The van der Waals surface area contributed by atoms with E-state index in [4.69, 9.17) is 26.0 Å². The van der Waals surface area contributed by atoms with Crippen molar-refractivity contribution in [1.82, 2.24) is 34.0 Å². The maximum atomic E-state index is 13.7. The summed E-state index contributed by atoms with van der Waals surface area (Å²) in [5, 5.41) is 69.4. The zero-order chi connectivity index (χ0) is 38.6. The van der Waals surface area contributed by atoms with Gasteiger partial charge in [-0.15, -0.1) is 5.92 Å². The van der Waals surface area contributed by atoms with E-state index in [0.717, 1.165) is 36.0 Å². The molecule has 4 heterocycles. The first-order valence-corrected chi connectivity index (χ1v) is 17.5. The van der Waals surface area contributed by atoms with Gasteiger partial charge in [0, 0.05) is 43.3 Å². The normalized spacial score (nSPS) is 24.6. The topological polar surface area (TPSA) is 270 Å². The van der Waals surface area contributed by atoms with Crippen molar-refractivity contribution in [3.05, 3.63) is 56.6 Å². The molecule has 1 aromatic carbocycles. The predicted molar refractivity (Wildman–Crippen MR) is 195 cm³/mol. The Balaban J connectivity index is 0.000000255. The number of hydrogen-bond donors (Lipinski definition) is 9. The lowest BCUT2D eigenvalue weighted by atomic mass is 9.76. The summed E-state index contributed by atoms with van der Waals surface area (Å²) in [4.78, 5) is 43.0. The lowest BCUT2D eigenvalue weighted by Gasteiger charge is -2.46. The summed E-state index contributed by atoms with van der Waals surface area (Å²) >= 11 is 0. The van der Waals surface area contributed by atoms with Crippen molar-refractivity contribution in [2.75, 3.05) is 37.8 Å². The van der Waals surface area contributed by atoms with E-state index in [0.29, 0.717) is 29.5 Å². The van der Waals surface area contributed by atoms with Crippen molar-refractivity contribution in [3.63, 3.8) is 0 Å². The van der Waals surface area contributed by atoms with Gasteiger partial charge < -0.3 is 51.7 Å². The van der Waals surface area contributed by atoms with Gasteiger partial charge in [-0.05, 0) is 39.2 Å². The molecule has 18 heteroatoms. The molecule has 4 aromatic rings. The van der Waals surface area contributed by atoms with Gasteiger partial charge in [-0.1, -0.05) is 24.1 Å². The molecule has 1 saturated carbocycles. The first kappa shape index (κ1) is 39.9. The predicted octanol–water partition coefficient (Wildman–Crippen LogP) is -3.34. The minimum Gasteiger partial charge on any atom is -0.395 e. The van der Waals surface area contributed by atoms with Gasteiger partial charge >= 0.3 is 5.69 Å². The lowest BCUT2D eigenvalue weighted by molar-refractivity contribution is -0.207. The number of nitrogens with one attached hydrogen (secondary N) is 1. The summed E-state index contributed by atoms with van der Waals surface area (Å²) in [5.74, 6) is 6.96. The molecule has 1 aliphatic carbocycles. The molecule has 53 heavy (non-hydrogen) atoms. The summed E-state index contributed by atoms with van der Waals surface area (Å²) in [6, 6.07) is 6.11. The van der Waals surface area contributed by atoms with Crippen LogP contribution in [0.3, 0.4) is 0 Å². The molecule has 6 atom stereocenters. The van der Waals surface area contributed by atoms with Crippen LogP contribution in [0, 0.1) is 18.8 Å². The van der Waals surface area contributed by atoms with E-state index in [2.05, 4.69) is 32.0 Å². The summed E-state index contributed by atoms with van der Waals surface area (Å²) in [6.45, 7) is 3.74. The van der Waals surface area contributed by atoms with Gasteiger partial charge in [0.05, 0.1) is 50.6 Å². The Morgan fingerprint density at radius 3 is 2.43 bits per heavy atom. The smallest absolute Gasteiger partial charge is 0.332 e. The van der Waals surface area contributed by atoms with Crippen LogP contribution in [0.15, 0.2) is 33.9 Å². The summed E-state index contributed by atoms with van der Waals surface area (Å²) in [7, 11) is 1.63. The largest absolute Gasteiger partial charge is 0.395 e. The fraction of sp³-hybridized carbons (Fsp3) is 0.571. The highest BCUT2D eigenvalue weighted by atomic mass is 16.4. The third-order valence-electron chi connectivity index (χ3n) is 9.88. The van der Waals surface area contributed by atoms with Gasteiger partial charge in [0.1, 0.15) is 23.6 Å². The lowest BCUT2D eigenvalue weighted by Crippen LogP contribution is -2.68. The molecule has 1 saturated heterocycles. The maximum absolute atomic E-state index is 13.7. The van der Waals surface area contributed by atoms with Crippen molar-refractivity contribution in [1.29, 1.82) is 0 Å². The van der Waals surface area contributed by atoms with E-state index in [-0.39, 0.29) is 25.6 Å². The number of imidazole rings is 1. The highest BCUT2D eigenvalue weighted by Gasteiger charge is 2.51. The van der Waals surface area contributed by atoms with Gasteiger partial charge in [0.15, 0.2) is 11.2 Å². The highest BCUT2D eigenvalue weighted by molar-refractivity contribution is 5.80. The van der Waals surface area contributed by atoms with Crippen LogP contribution in [0.4, 0.5) is 5.95 Å². The van der Waals surface area contributed by atoms with E-state index in [1.807, 2.05) is 31.2 Å². The average Bonchev–Trinajstić information content (AvgIpc) is 3.55. The van der Waals surface area contributed by atoms with Crippen LogP contribution in [0.25, 0.3) is 22.1 Å². The molecular formula is C35H49N9O9. The van der Waals surface area contributed by atoms with Crippen LogP contribution in [0.2, 0.25) is 0 Å². The number of benzene rings is 1. The number of aliphatic hydroxyl groups is 7. The second kappa shape index (κ2) is 16.8. The molecule has 0 spiro atoms. The van der Waals surface area contributed by atoms with Crippen LogP contribution < -0.4 is 27.2 Å². The number of nitrogens with two attached hydrogens (primary N) is 1. The quantitative estimate of drug-likeness (QED) is 0.0760. The van der Waals surface area contributed by atoms with Crippen molar-refractivity contribution < 1.29 is 35.7 Å². The second-order valence-electron chi connectivity index (χ2n) is 13.6. The van der Waals surface area contributed by atoms with E-state index in [1.165, 1.54) is 9.13 Å². The number of fused-ring (bicyclic) bond motifs is 2. The Labute approximate surface area is 304 Å². The van der Waals surface area contributed by atoms with Crippen LogP contribution in [-0.2, 0) is 20.1 Å². The fourth-order valence-electron chi connectivity index (χ4n) is 6.89. The Hall–Kier alpha value is -4.29. The minimum absolute atomic E-state index is 0.0306. The number of piperidine rings is 1. The number of hydrogen-bond acceptors (Lipinski definition) is 15. The Kier molecular flexibility index (Phi) is 12.7. The third kappa shape index (κ3) is 8.13. The summed E-state index contributed by atoms with van der Waals surface area (Å²) in [5.41, 5.74) is 5.60. The molecule has 10 N–H and O–H groups in total. The Bertz CT molecular complexity index is 2090. The standard InChI is InChI=1S/C25H28N8O2.C10H21NO7/c1-4-5-13-32-21-22(29-24(32)31-12-8-9-17(26)14-31)30(3)25(35)33(23(21)34)15-20-27-16(2)18-10-6-7-11-19(18)28-20;12-2-5(3-13)11-6-1-10(18,4-14)9(17)8(16)7(6)15/h6-7,10-11,17H,8-9,12-15,26H2,1-3H3;5-9,11-18H,1-4H2/t17-;6-,7-,8+,9-,10-/m10/s1. The van der Waals surface area contributed by atoms with Crippen LogP contribution in [-0.4, -0.2) is 139 Å². The van der Waals surface area contributed by atoms with E-state index >= 15 is 0 Å². The summed E-state index contributed by atoms with van der Waals surface area (Å²) < 4.78 is 4.39. The van der Waals surface area contributed by atoms with Crippen molar-refractivity contribution in [2.24, 2.45) is 12.8 Å². The maximum Gasteiger partial charge on any atom is 0.332 e. The number of para-hydroxylation sites is 1. The Morgan fingerprint density at radius 2 is 1.77 bits per heavy atom. The fourth-order valence-corrected chi connectivity index (χ4v) is 6.89. The van der Waals surface area contributed by atoms with E-state index in [1.54, 1.807) is 18.5 Å². The van der Waals surface area contributed by atoms with Crippen molar-refractivity contribution in [2.45, 2.75) is 88.2 Å². The van der Waals surface area contributed by atoms with Gasteiger partial charge in [0.25, 0.3) is 5.56 Å². The van der Waals surface area contributed by atoms with Gasteiger partial charge in [-0.3, -0.25) is 18.5 Å². The molecule has 2 fully saturated rings. The van der Waals surface area contributed by atoms with E-state index in [9.17, 15) is 30.0 Å². The minimum atomic E-state index is -1.94. The number of aliphatic hydroxyl groups excluding tert-OH is 6. The number of aryl methyl sites for hydroxylation is 2. The van der Waals surface area contributed by atoms with Gasteiger partial charge in [0.2, 0.25) is 5.95 Å². The molecule has 288 valence electrons. The number of aromatic nitrogens is 6. The van der Waals surface area contributed by atoms with Crippen LogP contribution in [0.5, 0.6) is 0 Å². The molecule has 3 aromatic heterocycles. The van der Waals surface area contributed by atoms with Gasteiger partial charge in [-0.25, -0.2) is 14.8 Å². The van der Waals surface area contributed by atoms with Gasteiger partial charge in [-0.2, -0.15) is 4.98 Å². The summed E-state index contributed by atoms with van der Waals surface area (Å²) in [6.07, 6.45) is -3.02. The number of anilines is 1. The van der Waals surface area contributed by atoms with E-state index < -0.39 is 67.1 Å². The molecule has 0 radical (unpaired) electrons. The van der Waals surface area contributed by atoms with Crippen molar-refractivity contribution in [3.8, 4) is 11.8 Å². The molecule has 0 bridgehead atoms. The van der Waals surface area contributed by atoms with Crippen LogP contribution >= 0.6 is 0 Å². The SMILES string of the molecule is CC#CCn1c(N2CCC[C@@H](N)C2)nc2c1c(=O)n(Cc1nc(C)c3ccccc3n1)c(=O)n2C.OCC(CO)N[C@H]1C[C@](O)(CO)[C@@H](O)[C@H](O)[C@H]1O. The first-order chi connectivity index (χ1) is 25.3. The van der Waals surface area contributed by atoms with Crippen molar-refractivity contribution >= 4 is 28.0 Å². The number of rotatable bonds is 9. The second-order valence-corrected chi connectivity index (χ2v) is 13.6. The molecule has 1 aliphatic heterocycles. The molecule has 18 nitrogen and oxygen atoms in total. The Morgan fingerprint density at radius 1 is 1.06 bits per heavy atom. The molecule has 0 amide bonds. The monoisotopic (exact) mass is 739 g/mol. The first-order valence-electron chi connectivity index (χ1n) is 17.5. The molecule has 0 unspecified atom stereocenters.